The van der Waals surface area contributed by atoms with Crippen LogP contribution in [0, 0.1) is 0 Å². The molecule has 0 aromatic heterocycles. The normalized spacial score (nSPS) is 13.1. The van der Waals surface area contributed by atoms with Gasteiger partial charge in [0.2, 0.25) is 10.0 Å². The van der Waals surface area contributed by atoms with Crippen molar-refractivity contribution < 1.29 is 13.2 Å². The average Bonchev–Trinajstić information content (AvgIpc) is 2.44. The van der Waals surface area contributed by atoms with Crippen LogP contribution in [-0.4, -0.2) is 21.1 Å². The van der Waals surface area contributed by atoms with E-state index < -0.39 is 10.0 Å². The van der Waals surface area contributed by atoms with Crippen molar-refractivity contribution in [3.05, 3.63) is 22.7 Å². The number of unbranched alkanes of at least 4 members (excludes halogenated alkanes) is 2. The van der Waals surface area contributed by atoms with Crippen LogP contribution in [0.2, 0.25) is 0 Å². The van der Waals surface area contributed by atoms with Gasteiger partial charge in [0.05, 0.1) is 16.0 Å². The number of rotatable bonds is 9. The number of hydrogen-bond donors (Lipinski definition) is 1. The standard InChI is InChI=1S/C15H24BrNO3S/c1-4-6-7-10-20-15-11-13(8-9-14(15)16)21(18,19)17-12(3)5-2/h8-9,11-12,17H,4-7,10H2,1-3H3. The molecule has 1 aromatic rings. The topological polar surface area (TPSA) is 55.4 Å². The van der Waals surface area contributed by atoms with Crippen LogP contribution in [0.1, 0.15) is 46.5 Å². The second-order valence-corrected chi connectivity index (χ2v) is 7.65. The second kappa shape index (κ2) is 8.76. The number of ether oxygens (including phenoxy) is 1. The highest BCUT2D eigenvalue weighted by molar-refractivity contribution is 9.10. The Hall–Kier alpha value is -0.590. The van der Waals surface area contributed by atoms with Gasteiger partial charge < -0.3 is 4.74 Å². The van der Waals surface area contributed by atoms with Gasteiger partial charge in [-0.3, -0.25) is 0 Å². The molecule has 0 fully saturated rings. The van der Waals surface area contributed by atoms with Gasteiger partial charge in [0.1, 0.15) is 5.75 Å². The molecule has 0 radical (unpaired) electrons. The van der Waals surface area contributed by atoms with E-state index in [-0.39, 0.29) is 10.9 Å². The minimum atomic E-state index is -3.50. The fraction of sp³-hybridized carbons (Fsp3) is 0.600. The fourth-order valence-corrected chi connectivity index (χ4v) is 3.41. The van der Waals surface area contributed by atoms with Crippen LogP contribution < -0.4 is 9.46 Å². The van der Waals surface area contributed by atoms with Gasteiger partial charge in [-0.25, -0.2) is 13.1 Å². The summed E-state index contributed by atoms with van der Waals surface area (Å²) in [5, 5.41) is 0. The van der Waals surface area contributed by atoms with E-state index in [0.29, 0.717) is 12.4 Å². The summed E-state index contributed by atoms with van der Waals surface area (Å²) in [6.07, 6.45) is 3.93. The molecular weight excluding hydrogens is 354 g/mol. The van der Waals surface area contributed by atoms with Crippen LogP contribution in [0.4, 0.5) is 0 Å². The molecule has 4 nitrogen and oxygen atoms in total. The maximum atomic E-state index is 12.3. The molecule has 0 aliphatic carbocycles. The van der Waals surface area contributed by atoms with Gasteiger partial charge in [0, 0.05) is 12.1 Å². The molecule has 0 aliphatic rings. The van der Waals surface area contributed by atoms with E-state index in [0.717, 1.165) is 30.2 Å². The molecule has 0 spiro atoms. The number of nitrogens with one attached hydrogen (secondary N) is 1. The maximum absolute atomic E-state index is 12.3. The number of halogens is 1. The van der Waals surface area contributed by atoms with Gasteiger partial charge in [-0.05, 0) is 47.8 Å². The van der Waals surface area contributed by atoms with Crippen LogP contribution in [0.5, 0.6) is 5.75 Å². The number of sulfonamides is 1. The van der Waals surface area contributed by atoms with Crippen LogP contribution in [0.25, 0.3) is 0 Å². The maximum Gasteiger partial charge on any atom is 0.240 e. The molecule has 0 saturated heterocycles. The summed E-state index contributed by atoms with van der Waals surface area (Å²) in [6.45, 7) is 6.51. The predicted octanol–water partition coefficient (Wildman–Crippen LogP) is 4.09. The highest BCUT2D eigenvalue weighted by Gasteiger charge is 2.18. The molecule has 21 heavy (non-hydrogen) atoms. The minimum absolute atomic E-state index is 0.0902. The summed E-state index contributed by atoms with van der Waals surface area (Å²) in [6, 6.07) is 4.77. The molecule has 1 N–H and O–H groups in total. The van der Waals surface area contributed by atoms with E-state index in [9.17, 15) is 8.42 Å². The highest BCUT2D eigenvalue weighted by atomic mass is 79.9. The first-order valence-electron chi connectivity index (χ1n) is 7.35. The monoisotopic (exact) mass is 377 g/mol. The molecule has 1 aromatic carbocycles. The first-order valence-corrected chi connectivity index (χ1v) is 9.63. The van der Waals surface area contributed by atoms with Gasteiger partial charge in [0.15, 0.2) is 0 Å². The van der Waals surface area contributed by atoms with Crippen molar-refractivity contribution in [3.8, 4) is 5.75 Å². The smallest absolute Gasteiger partial charge is 0.240 e. The Morgan fingerprint density at radius 2 is 2.00 bits per heavy atom. The lowest BCUT2D eigenvalue weighted by atomic mass is 10.3. The van der Waals surface area contributed by atoms with Crippen LogP contribution in [0.3, 0.4) is 0 Å². The third-order valence-electron chi connectivity index (χ3n) is 3.19. The first-order chi connectivity index (χ1) is 9.90. The van der Waals surface area contributed by atoms with Crippen molar-refractivity contribution >= 4 is 26.0 Å². The molecule has 1 atom stereocenters. The Morgan fingerprint density at radius 1 is 1.29 bits per heavy atom. The van der Waals surface area contributed by atoms with Crippen molar-refractivity contribution in [2.24, 2.45) is 0 Å². The Labute approximate surface area is 136 Å². The second-order valence-electron chi connectivity index (χ2n) is 5.08. The molecule has 0 aliphatic heterocycles. The Kier molecular flexibility index (Phi) is 7.70. The SMILES string of the molecule is CCCCCOc1cc(S(=O)(=O)NC(C)CC)ccc1Br. The first kappa shape index (κ1) is 18.5. The van der Waals surface area contributed by atoms with Gasteiger partial charge in [-0.1, -0.05) is 26.7 Å². The van der Waals surface area contributed by atoms with Crippen LogP contribution in [0.15, 0.2) is 27.6 Å². The summed E-state index contributed by atoms with van der Waals surface area (Å²) in [4.78, 5) is 0.233. The summed E-state index contributed by atoms with van der Waals surface area (Å²) >= 11 is 3.39. The van der Waals surface area contributed by atoms with E-state index in [1.54, 1.807) is 18.2 Å². The van der Waals surface area contributed by atoms with Crippen molar-refractivity contribution in [1.29, 1.82) is 0 Å². The van der Waals surface area contributed by atoms with Gasteiger partial charge in [-0.15, -0.1) is 0 Å². The summed E-state index contributed by atoms with van der Waals surface area (Å²) < 4.78 is 33.6. The third-order valence-corrected chi connectivity index (χ3v) is 5.43. The summed E-state index contributed by atoms with van der Waals surface area (Å²) in [7, 11) is -3.50. The molecule has 0 amide bonds. The molecule has 0 heterocycles. The van der Waals surface area contributed by atoms with Crippen molar-refractivity contribution in [2.45, 2.75) is 57.4 Å². The Balaban J connectivity index is 2.85. The molecular formula is C15H24BrNO3S. The predicted molar refractivity (Wildman–Crippen MR) is 89.2 cm³/mol. The Morgan fingerprint density at radius 3 is 2.62 bits per heavy atom. The van der Waals surface area contributed by atoms with Gasteiger partial charge >= 0.3 is 0 Å². The fourth-order valence-electron chi connectivity index (χ4n) is 1.71. The lowest BCUT2D eigenvalue weighted by Gasteiger charge is -2.14. The lowest BCUT2D eigenvalue weighted by Crippen LogP contribution is -2.32. The van der Waals surface area contributed by atoms with E-state index in [1.807, 2.05) is 13.8 Å². The zero-order valence-corrected chi connectivity index (χ0v) is 15.3. The van der Waals surface area contributed by atoms with E-state index >= 15 is 0 Å². The van der Waals surface area contributed by atoms with Crippen molar-refractivity contribution in [3.63, 3.8) is 0 Å². The molecule has 0 saturated carbocycles. The summed E-state index contributed by atoms with van der Waals surface area (Å²) in [5.74, 6) is 0.568. The third kappa shape index (κ3) is 5.96. The molecule has 6 heteroatoms. The average molecular weight is 378 g/mol. The quantitative estimate of drug-likeness (QED) is 0.659. The van der Waals surface area contributed by atoms with E-state index in [1.165, 1.54) is 0 Å². The van der Waals surface area contributed by atoms with Gasteiger partial charge in [0.25, 0.3) is 0 Å². The van der Waals surface area contributed by atoms with Crippen LogP contribution >= 0.6 is 15.9 Å². The minimum Gasteiger partial charge on any atom is -0.492 e. The number of benzene rings is 1. The number of hydrogen-bond acceptors (Lipinski definition) is 3. The molecule has 1 unspecified atom stereocenters. The molecule has 120 valence electrons. The molecule has 0 bridgehead atoms. The Bertz CT molecular complexity index is 546. The zero-order valence-electron chi connectivity index (χ0n) is 12.9. The summed E-state index contributed by atoms with van der Waals surface area (Å²) in [5.41, 5.74) is 0. The van der Waals surface area contributed by atoms with Crippen molar-refractivity contribution in [1.82, 2.24) is 4.72 Å². The highest BCUT2D eigenvalue weighted by Crippen LogP contribution is 2.28. The van der Waals surface area contributed by atoms with Gasteiger partial charge in [-0.2, -0.15) is 0 Å². The molecule has 1 rings (SSSR count). The van der Waals surface area contributed by atoms with Crippen molar-refractivity contribution in [2.75, 3.05) is 6.61 Å². The van der Waals surface area contributed by atoms with E-state index in [4.69, 9.17) is 4.74 Å². The largest absolute Gasteiger partial charge is 0.492 e. The zero-order chi connectivity index (χ0) is 15.9. The van der Waals surface area contributed by atoms with Crippen LogP contribution in [-0.2, 0) is 10.0 Å². The lowest BCUT2D eigenvalue weighted by molar-refractivity contribution is 0.303. The van der Waals surface area contributed by atoms with E-state index in [2.05, 4.69) is 27.6 Å².